The Bertz CT molecular complexity index is 401. The molecule has 124 valence electrons. The highest BCUT2D eigenvalue weighted by atomic mass is 16.7. The molecular formula is C18H28O4. The Labute approximate surface area is 133 Å². The van der Waals surface area contributed by atoms with Crippen LogP contribution in [0, 0.1) is 5.92 Å². The minimum Gasteiger partial charge on any atom is -0.396 e. The Morgan fingerprint density at radius 3 is 2.36 bits per heavy atom. The van der Waals surface area contributed by atoms with Crippen molar-refractivity contribution in [2.45, 2.75) is 38.8 Å². The molecule has 4 nitrogen and oxygen atoms in total. The van der Waals surface area contributed by atoms with Gasteiger partial charge in [0.05, 0.1) is 6.61 Å². The smallest absolute Gasteiger partial charge is 0.183 e. The number of rotatable bonds is 11. The van der Waals surface area contributed by atoms with Crippen molar-refractivity contribution in [3.8, 4) is 0 Å². The van der Waals surface area contributed by atoms with E-state index in [4.69, 9.17) is 14.2 Å². The van der Waals surface area contributed by atoms with E-state index in [0.29, 0.717) is 13.0 Å². The predicted octanol–water partition coefficient (Wildman–Crippen LogP) is 3.16. The molecule has 0 saturated heterocycles. The standard InChI is InChI=1S/C18H28O4/c1-4-5-9-16(13-19)12-17(18(20-2)21-3)22-14-15-10-7-6-8-11-15/h4-8,10-11,16-19H,9,12-14H2,1-3H3/b5-4+/t16-,17+/m1/s1. The molecule has 1 N–H and O–H groups in total. The molecule has 0 aliphatic heterocycles. The van der Waals surface area contributed by atoms with Crippen molar-refractivity contribution in [3.63, 3.8) is 0 Å². The first-order valence-electron chi connectivity index (χ1n) is 7.68. The van der Waals surface area contributed by atoms with Gasteiger partial charge >= 0.3 is 0 Å². The van der Waals surface area contributed by atoms with Crippen LogP contribution in [0.5, 0.6) is 0 Å². The molecule has 0 spiro atoms. The molecule has 0 radical (unpaired) electrons. The van der Waals surface area contributed by atoms with E-state index >= 15 is 0 Å². The molecule has 0 aliphatic rings. The molecule has 22 heavy (non-hydrogen) atoms. The zero-order valence-corrected chi connectivity index (χ0v) is 13.8. The number of aliphatic hydroxyl groups is 1. The second-order valence-corrected chi connectivity index (χ2v) is 5.26. The third kappa shape index (κ3) is 6.71. The summed E-state index contributed by atoms with van der Waals surface area (Å²) in [6, 6.07) is 10.00. The number of allylic oxidation sites excluding steroid dienone is 2. The topological polar surface area (TPSA) is 47.9 Å². The molecule has 2 atom stereocenters. The molecule has 1 rings (SSSR count). The second-order valence-electron chi connectivity index (χ2n) is 5.26. The molecular weight excluding hydrogens is 280 g/mol. The summed E-state index contributed by atoms with van der Waals surface area (Å²) in [6.07, 6.45) is 4.88. The monoisotopic (exact) mass is 308 g/mol. The van der Waals surface area contributed by atoms with Crippen molar-refractivity contribution >= 4 is 0 Å². The van der Waals surface area contributed by atoms with Crippen LogP contribution in [0.4, 0.5) is 0 Å². The Hall–Kier alpha value is -1.20. The molecule has 1 aromatic carbocycles. The third-order valence-corrected chi connectivity index (χ3v) is 3.60. The van der Waals surface area contributed by atoms with E-state index < -0.39 is 6.29 Å². The van der Waals surface area contributed by atoms with Crippen LogP contribution in [0.3, 0.4) is 0 Å². The zero-order valence-electron chi connectivity index (χ0n) is 13.8. The summed E-state index contributed by atoms with van der Waals surface area (Å²) < 4.78 is 16.7. The van der Waals surface area contributed by atoms with Crippen molar-refractivity contribution < 1.29 is 19.3 Å². The lowest BCUT2D eigenvalue weighted by Gasteiger charge is -2.27. The van der Waals surface area contributed by atoms with Gasteiger partial charge in [0.15, 0.2) is 6.29 Å². The van der Waals surface area contributed by atoms with Crippen molar-refractivity contribution in [2.24, 2.45) is 5.92 Å². The first-order valence-corrected chi connectivity index (χ1v) is 7.68. The van der Waals surface area contributed by atoms with Gasteiger partial charge in [0, 0.05) is 20.8 Å². The number of benzene rings is 1. The van der Waals surface area contributed by atoms with Crippen LogP contribution in [0.1, 0.15) is 25.3 Å². The fraction of sp³-hybridized carbons (Fsp3) is 0.556. The summed E-state index contributed by atoms with van der Waals surface area (Å²) in [5.74, 6) is 0.129. The maximum atomic E-state index is 9.54. The number of hydrogen-bond acceptors (Lipinski definition) is 4. The highest BCUT2D eigenvalue weighted by molar-refractivity contribution is 5.13. The average Bonchev–Trinajstić information content (AvgIpc) is 2.57. The van der Waals surface area contributed by atoms with Crippen molar-refractivity contribution in [2.75, 3.05) is 20.8 Å². The van der Waals surface area contributed by atoms with Crippen LogP contribution in [0.2, 0.25) is 0 Å². The van der Waals surface area contributed by atoms with Gasteiger partial charge in [-0.05, 0) is 31.2 Å². The lowest BCUT2D eigenvalue weighted by molar-refractivity contribution is -0.189. The fourth-order valence-corrected chi connectivity index (χ4v) is 2.34. The molecule has 0 amide bonds. The molecule has 0 fully saturated rings. The average molecular weight is 308 g/mol. The van der Waals surface area contributed by atoms with Crippen molar-refractivity contribution in [1.29, 1.82) is 0 Å². The van der Waals surface area contributed by atoms with Crippen molar-refractivity contribution in [3.05, 3.63) is 48.0 Å². The van der Waals surface area contributed by atoms with E-state index in [2.05, 4.69) is 6.08 Å². The number of ether oxygens (including phenoxy) is 3. The number of methoxy groups -OCH3 is 2. The van der Waals surface area contributed by atoms with Gasteiger partial charge in [0.25, 0.3) is 0 Å². The lowest BCUT2D eigenvalue weighted by atomic mass is 9.98. The summed E-state index contributed by atoms with van der Waals surface area (Å²) in [7, 11) is 3.21. The van der Waals surface area contributed by atoms with Gasteiger partial charge < -0.3 is 19.3 Å². The van der Waals surface area contributed by atoms with Crippen LogP contribution in [-0.4, -0.2) is 38.3 Å². The minimum absolute atomic E-state index is 0.121. The van der Waals surface area contributed by atoms with E-state index in [1.807, 2.05) is 43.3 Å². The highest BCUT2D eigenvalue weighted by Gasteiger charge is 2.25. The predicted molar refractivity (Wildman–Crippen MR) is 87.4 cm³/mol. The van der Waals surface area contributed by atoms with Gasteiger partial charge in [-0.3, -0.25) is 0 Å². The van der Waals surface area contributed by atoms with Gasteiger partial charge in [0.1, 0.15) is 6.10 Å². The summed E-state index contributed by atoms with van der Waals surface area (Å²) in [6.45, 7) is 2.59. The largest absolute Gasteiger partial charge is 0.396 e. The Balaban J connectivity index is 2.66. The summed E-state index contributed by atoms with van der Waals surface area (Å²) in [5.41, 5.74) is 1.10. The number of hydrogen-bond donors (Lipinski definition) is 1. The molecule has 0 heterocycles. The van der Waals surface area contributed by atoms with E-state index in [9.17, 15) is 5.11 Å². The van der Waals surface area contributed by atoms with Gasteiger partial charge in [-0.25, -0.2) is 0 Å². The fourth-order valence-electron chi connectivity index (χ4n) is 2.34. The first kappa shape index (κ1) is 18.8. The Morgan fingerprint density at radius 2 is 1.82 bits per heavy atom. The van der Waals surface area contributed by atoms with Crippen LogP contribution in [-0.2, 0) is 20.8 Å². The maximum absolute atomic E-state index is 9.54. The quantitative estimate of drug-likeness (QED) is 0.504. The second kappa shape index (κ2) is 11.4. The minimum atomic E-state index is -0.441. The molecule has 0 aromatic heterocycles. The number of aliphatic hydroxyl groups excluding tert-OH is 1. The van der Waals surface area contributed by atoms with Gasteiger partial charge in [0.2, 0.25) is 0 Å². The lowest BCUT2D eigenvalue weighted by Crippen LogP contribution is -2.34. The Kier molecular flexibility index (Phi) is 9.75. The van der Waals surface area contributed by atoms with E-state index in [-0.39, 0.29) is 18.6 Å². The van der Waals surface area contributed by atoms with Gasteiger partial charge in [-0.1, -0.05) is 42.5 Å². The summed E-state index contributed by atoms with van der Waals surface area (Å²) in [5, 5.41) is 9.54. The Morgan fingerprint density at radius 1 is 1.14 bits per heavy atom. The highest BCUT2D eigenvalue weighted by Crippen LogP contribution is 2.20. The molecule has 0 aliphatic carbocycles. The molecule has 0 unspecified atom stereocenters. The molecule has 4 heteroatoms. The third-order valence-electron chi connectivity index (χ3n) is 3.60. The van der Waals surface area contributed by atoms with Crippen LogP contribution >= 0.6 is 0 Å². The zero-order chi connectivity index (χ0) is 16.2. The maximum Gasteiger partial charge on any atom is 0.183 e. The first-order chi connectivity index (χ1) is 10.7. The van der Waals surface area contributed by atoms with E-state index in [1.54, 1.807) is 14.2 Å². The van der Waals surface area contributed by atoms with Crippen molar-refractivity contribution in [1.82, 2.24) is 0 Å². The molecule has 0 saturated carbocycles. The molecule has 0 bridgehead atoms. The van der Waals surface area contributed by atoms with Crippen LogP contribution in [0.25, 0.3) is 0 Å². The normalized spacial score (nSPS) is 14.6. The van der Waals surface area contributed by atoms with E-state index in [1.165, 1.54) is 0 Å². The summed E-state index contributed by atoms with van der Waals surface area (Å²) >= 11 is 0. The van der Waals surface area contributed by atoms with Crippen LogP contribution in [0.15, 0.2) is 42.5 Å². The molecule has 1 aromatic rings. The van der Waals surface area contributed by atoms with Crippen LogP contribution < -0.4 is 0 Å². The van der Waals surface area contributed by atoms with Gasteiger partial charge in [-0.2, -0.15) is 0 Å². The SMILES string of the molecule is C/C=C/C[C@@H](CO)C[C@H](OCc1ccccc1)C(OC)OC. The van der Waals surface area contributed by atoms with Gasteiger partial charge in [-0.15, -0.1) is 0 Å². The van der Waals surface area contributed by atoms with E-state index in [0.717, 1.165) is 12.0 Å². The summed E-state index contributed by atoms with van der Waals surface area (Å²) in [4.78, 5) is 0.